The van der Waals surface area contributed by atoms with Gasteiger partial charge in [0.05, 0.1) is 7.11 Å². The maximum absolute atomic E-state index is 5.83. The highest BCUT2D eigenvalue weighted by atomic mass is 16.5. The van der Waals surface area contributed by atoms with Crippen LogP contribution in [0.4, 0.5) is 11.6 Å². The molecular weight excluding hydrogens is 240 g/mol. The summed E-state index contributed by atoms with van der Waals surface area (Å²) in [6.45, 7) is 4.35. The lowest BCUT2D eigenvalue weighted by atomic mass is 10.2. The van der Waals surface area contributed by atoms with E-state index in [0.717, 1.165) is 22.7 Å². The Balaban J connectivity index is 2.19. The summed E-state index contributed by atoms with van der Waals surface area (Å²) in [4.78, 5) is 8.49. The van der Waals surface area contributed by atoms with Crippen molar-refractivity contribution < 1.29 is 4.74 Å². The quantitative estimate of drug-likeness (QED) is 0.880. The van der Waals surface area contributed by atoms with Gasteiger partial charge in [-0.3, -0.25) is 0 Å². The smallest absolute Gasteiger partial charge is 0.135 e. The van der Waals surface area contributed by atoms with Crippen LogP contribution in [0.1, 0.15) is 17.0 Å². The molecule has 0 atom stereocenters. The van der Waals surface area contributed by atoms with Crippen LogP contribution in [0.2, 0.25) is 0 Å². The highest BCUT2D eigenvalue weighted by Crippen LogP contribution is 2.21. The zero-order chi connectivity index (χ0) is 13.8. The summed E-state index contributed by atoms with van der Waals surface area (Å²) in [5.41, 5.74) is 7.76. The van der Waals surface area contributed by atoms with Gasteiger partial charge in [-0.15, -0.1) is 0 Å². The molecule has 0 fully saturated rings. The number of nitrogen functional groups attached to an aromatic ring is 1. The summed E-state index contributed by atoms with van der Waals surface area (Å²) < 4.78 is 5.31. The van der Waals surface area contributed by atoms with Crippen LogP contribution < -0.4 is 15.8 Å². The summed E-state index contributed by atoms with van der Waals surface area (Å²) in [6, 6.07) is 7.87. The molecule has 1 aromatic carbocycles. The van der Waals surface area contributed by atoms with Crippen LogP contribution in [-0.2, 0) is 6.54 Å². The van der Waals surface area contributed by atoms with Crippen molar-refractivity contribution in [3.05, 3.63) is 41.2 Å². The number of nitrogens with one attached hydrogen (secondary N) is 1. The second-order valence-corrected chi connectivity index (χ2v) is 4.30. The third-order valence-electron chi connectivity index (χ3n) is 2.93. The monoisotopic (exact) mass is 258 g/mol. The van der Waals surface area contributed by atoms with E-state index in [1.807, 2.05) is 38.1 Å². The first kappa shape index (κ1) is 13.1. The van der Waals surface area contributed by atoms with E-state index in [1.165, 1.54) is 0 Å². The molecule has 2 aromatic rings. The standard InChI is InChI=1S/C14H18N4O/c1-9-13(15)17-10(2)18-14(9)16-8-11-6-4-5-7-12(11)19-3/h4-7H,8H2,1-3H3,(H3,15,16,17,18). The van der Waals surface area contributed by atoms with Gasteiger partial charge in [0, 0.05) is 17.7 Å². The average Bonchev–Trinajstić information content (AvgIpc) is 2.41. The average molecular weight is 258 g/mol. The van der Waals surface area contributed by atoms with E-state index in [4.69, 9.17) is 10.5 Å². The fourth-order valence-electron chi connectivity index (χ4n) is 1.85. The predicted octanol–water partition coefficient (Wildman–Crippen LogP) is 2.30. The Kier molecular flexibility index (Phi) is 3.85. The lowest BCUT2D eigenvalue weighted by Gasteiger charge is -2.12. The van der Waals surface area contributed by atoms with Gasteiger partial charge in [-0.2, -0.15) is 0 Å². The van der Waals surface area contributed by atoms with Gasteiger partial charge in [-0.05, 0) is 19.9 Å². The van der Waals surface area contributed by atoms with E-state index in [2.05, 4.69) is 15.3 Å². The third kappa shape index (κ3) is 2.93. The number of ether oxygens (including phenoxy) is 1. The summed E-state index contributed by atoms with van der Waals surface area (Å²) in [5, 5.41) is 3.27. The Hall–Kier alpha value is -2.30. The Morgan fingerprint density at radius 1 is 1.21 bits per heavy atom. The van der Waals surface area contributed by atoms with Crippen LogP contribution in [0.5, 0.6) is 5.75 Å². The largest absolute Gasteiger partial charge is 0.496 e. The van der Waals surface area contributed by atoms with E-state index in [-0.39, 0.29) is 0 Å². The first-order chi connectivity index (χ1) is 9.11. The Morgan fingerprint density at radius 2 is 1.95 bits per heavy atom. The maximum atomic E-state index is 5.83. The van der Waals surface area contributed by atoms with Crippen molar-refractivity contribution in [1.29, 1.82) is 0 Å². The first-order valence-corrected chi connectivity index (χ1v) is 6.08. The van der Waals surface area contributed by atoms with Crippen molar-refractivity contribution in [2.75, 3.05) is 18.2 Å². The highest BCUT2D eigenvalue weighted by Gasteiger charge is 2.07. The summed E-state index contributed by atoms with van der Waals surface area (Å²) >= 11 is 0. The predicted molar refractivity (Wildman–Crippen MR) is 76.2 cm³/mol. The van der Waals surface area contributed by atoms with E-state index in [0.29, 0.717) is 18.2 Å². The van der Waals surface area contributed by atoms with Gasteiger partial charge in [0.1, 0.15) is 23.2 Å². The van der Waals surface area contributed by atoms with Gasteiger partial charge in [-0.1, -0.05) is 18.2 Å². The number of rotatable bonds is 4. The molecule has 0 bridgehead atoms. The molecule has 0 radical (unpaired) electrons. The molecule has 0 aliphatic rings. The van der Waals surface area contributed by atoms with Gasteiger partial charge in [0.25, 0.3) is 0 Å². The van der Waals surface area contributed by atoms with E-state index >= 15 is 0 Å². The molecule has 0 unspecified atom stereocenters. The molecule has 0 aliphatic heterocycles. The number of hydrogen-bond donors (Lipinski definition) is 2. The third-order valence-corrected chi connectivity index (χ3v) is 2.93. The van der Waals surface area contributed by atoms with E-state index in [9.17, 15) is 0 Å². The zero-order valence-electron chi connectivity index (χ0n) is 11.4. The minimum absolute atomic E-state index is 0.509. The minimum atomic E-state index is 0.509. The second kappa shape index (κ2) is 5.56. The second-order valence-electron chi connectivity index (χ2n) is 4.30. The number of benzene rings is 1. The molecule has 0 amide bonds. The number of anilines is 2. The highest BCUT2D eigenvalue weighted by molar-refractivity contribution is 5.55. The number of nitrogens with two attached hydrogens (primary N) is 1. The fraction of sp³-hybridized carbons (Fsp3) is 0.286. The Bertz CT molecular complexity index is 584. The summed E-state index contributed by atoms with van der Waals surface area (Å²) in [5.74, 6) is 2.78. The molecule has 100 valence electrons. The number of para-hydroxylation sites is 1. The van der Waals surface area contributed by atoms with Crippen molar-refractivity contribution in [2.24, 2.45) is 0 Å². The molecule has 0 saturated heterocycles. The van der Waals surface area contributed by atoms with Crippen LogP contribution in [0.15, 0.2) is 24.3 Å². The van der Waals surface area contributed by atoms with E-state index < -0.39 is 0 Å². The van der Waals surface area contributed by atoms with Crippen LogP contribution in [0.25, 0.3) is 0 Å². The van der Waals surface area contributed by atoms with Crippen molar-refractivity contribution >= 4 is 11.6 Å². The van der Waals surface area contributed by atoms with Crippen molar-refractivity contribution in [3.8, 4) is 5.75 Å². The topological polar surface area (TPSA) is 73.1 Å². The molecule has 1 heterocycles. The molecule has 3 N–H and O–H groups in total. The number of hydrogen-bond acceptors (Lipinski definition) is 5. The maximum Gasteiger partial charge on any atom is 0.135 e. The van der Waals surface area contributed by atoms with Crippen molar-refractivity contribution in [2.45, 2.75) is 20.4 Å². The molecule has 19 heavy (non-hydrogen) atoms. The summed E-state index contributed by atoms with van der Waals surface area (Å²) in [6.07, 6.45) is 0. The van der Waals surface area contributed by atoms with Crippen molar-refractivity contribution in [3.63, 3.8) is 0 Å². The number of methoxy groups -OCH3 is 1. The Morgan fingerprint density at radius 3 is 2.68 bits per heavy atom. The molecule has 0 saturated carbocycles. The lowest BCUT2D eigenvalue weighted by Crippen LogP contribution is -2.08. The van der Waals surface area contributed by atoms with E-state index in [1.54, 1.807) is 7.11 Å². The van der Waals surface area contributed by atoms with Crippen LogP contribution in [-0.4, -0.2) is 17.1 Å². The minimum Gasteiger partial charge on any atom is -0.496 e. The number of aromatic nitrogens is 2. The molecular formula is C14H18N4O. The summed E-state index contributed by atoms with van der Waals surface area (Å²) in [7, 11) is 1.66. The van der Waals surface area contributed by atoms with Gasteiger partial charge >= 0.3 is 0 Å². The van der Waals surface area contributed by atoms with Crippen LogP contribution in [0.3, 0.4) is 0 Å². The SMILES string of the molecule is COc1ccccc1CNc1nc(C)nc(N)c1C. The molecule has 1 aromatic heterocycles. The molecule has 2 rings (SSSR count). The lowest BCUT2D eigenvalue weighted by molar-refractivity contribution is 0.410. The van der Waals surface area contributed by atoms with Gasteiger partial charge in [0.15, 0.2) is 0 Å². The molecule has 0 aliphatic carbocycles. The van der Waals surface area contributed by atoms with Crippen molar-refractivity contribution in [1.82, 2.24) is 9.97 Å². The van der Waals surface area contributed by atoms with Gasteiger partial charge in [-0.25, -0.2) is 9.97 Å². The molecule has 0 spiro atoms. The number of nitrogens with zero attached hydrogens (tertiary/aromatic N) is 2. The molecule has 5 nitrogen and oxygen atoms in total. The fourth-order valence-corrected chi connectivity index (χ4v) is 1.85. The first-order valence-electron chi connectivity index (χ1n) is 6.08. The van der Waals surface area contributed by atoms with Gasteiger partial charge in [0.2, 0.25) is 0 Å². The normalized spacial score (nSPS) is 10.3. The van der Waals surface area contributed by atoms with Crippen LogP contribution >= 0.6 is 0 Å². The molecule has 5 heteroatoms. The Labute approximate surface area is 112 Å². The van der Waals surface area contributed by atoms with Crippen LogP contribution in [0, 0.1) is 13.8 Å². The zero-order valence-corrected chi connectivity index (χ0v) is 11.4. The van der Waals surface area contributed by atoms with Gasteiger partial charge < -0.3 is 15.8 Å². The number of aryl methyl sites for hydroxylation is 1.